The van der Waals surface area contributed by atoms with Gasteiger partial charge in [0.1, 0.15) is 0 Å². The minimum Gasteiger partial charge on any atom is -0.361 e. The van der Waals surface area contributed by atoms with Crippen LogP contribution in [0.15, 0.2) is 30.5 Å². The number of aromatic amines is 1. The molecule has 1 aromatic carbocycles. The zero-order chi connectivity index (χ0) is 13.8. The van der Waals surface area contributed by atoms with Crippen molar-refractivity contribution in [1.29, 1.82) is 0 Å². The summed E-state index contributed by atoms with van der Waals surface area (Å²) < 4.78 is 0. The van der Waals surface area contributed by atoms with E-state index in [1.807, 2.05) is 0 Å². The van der Waals surface area contributed by atoms with Gasteiger partial charge in [-0.05, 0) is 56.6 Å². The molecule has 0 radical (unpaired) electrons. The minimum absolute atomic E-state index is 0.870. The van der Waals surface area contributed by atoms with E-state index in [0.717, 1.165) is 19.0 Å². The Labute approximate surface area is 121 Å². The summed E-state index contributed by atoms with van der Waals surface area (Å²) in [6.45, 7) is 8.02. The maximum Gasteiger partial charge on any atom is 0.0457 e. The molecule has 0 saturated carbocycles. The lowest BCUT2D eigenvalue weighted by atomic mass is 9.96. The Kier molecular flexibility index (Phi) is 4.38. The molecule has 0 unspecified atom stereocenters. The molecular weight excluding hydrogens is 246 g/mol. The van der Waals surface area contributed by atoms with Gasteiger partial charge in [0.15, 0.2) is 0 Å². The van der Waals surface area contributed by atoms with Crippen LogP contribution in [0.25, 0.3) is 10.9 Å². The Morgan fingerprint density at radius 2 is 2.05 bits per heavy atom. The summed E-state index contributed by atoms with van der Waals surface area (Å²) in [6.07, 6.45) is 4.83. The van der Waals surface area contributed by atoms with Crippen LogP contribution in [-0.4, -0.2) is 36.1 Å². The largest absolute Gasteiger partial charge is 0.361 e. The fourth-order valence-electron chi connectivity index (χ4n) is 3.20. The van der Waals surface area contributed by atoms with Crippen LogP contribution in [0.3, 0.4) is 0 Å². The number of likely N-dealkylation sites (tertiary alicyclic amines) is 1. The molecule has 1 aromatic heterocycles. The van der Waals surface area contributed by atoms with E-state index in [9.17, 15) is 0 Å². The highest BCUT2D eigenvalue weighted by molar-refractivity contribution is 5.82. The average Bonchev–Trinajstić information content (AvgIpc) is 2.90. The zero-order valence-corrected chi connectivity index (χ0v) is 12.4. The Morgan fingerprint density at radius 1 is 1.25 bits per heavy atom. The lowest BCUT2D eigenvalue weighted by molar-refractivity contribution is 0.176. The van der Waals surface area contributed by atoms with Gasteiger partial charge < -0.3 is 10.3 Å². The normalized spacial score (nSPS) is 17.9. The van der Waals surface area contributed by atoms with Crippen molar-refractivity contribution in [3.8, 4) is 0 Å². The summed E-state index contributed by atoms with van der Waals surface area (Å²) in [5.74, 6) is 0.870. The van der Waals surface area contributed by atoms with Crippen LogP contribution in [-0.2, 0) is 6.54 Å². The molecule has 1 aliphatic rings. The first-order valence-electron chi connectivity index (χ1n) is 7.85. The first-order chi connectivity index (χ1) is 9.86. The lowest BCUT2D eigenvalue weighted by Crippen LogP contribution is -2.36. The van der Waals surface area contributed by atoms with Crippen molar-refractivity contribution in [2.24, 2.45) is 5.92 Å². The van der Waals surface area contributed by atoms with E-state index in [4.69, 9.17) is 0 Å². The van der Waals surface area contributed by atoms with E-state index in [0.29, 0.717) is 0 Å². The van der Waals surface area contributed by atoms with Crippen molar-refractivity contribution >= 4 is 10.9 Å². The van der Waals surface area contributed by atoms with E-state index in [1.165, 1.54) is 48.9 Å². The number of aromatic nitrogens is 1. The second kappa shape index (κ2) is 6.42. The van der Waals surface area contributed by atoms with Crippen molar-refractivity contribution < 1.29 is 0 Å². The van der Waals surface area contributed by atoms with Crippen LogP contribution in [0.1, 0.15) is 25.3 Å². The Morgan fingerprint density at radius 3 is 2.85 bits per heavy atom. The third-order valence-corrected chi connectivity index (χ3v) is 4.46. The summed E-state index contributed by atoms with van der Waals surface area (Å²) in [5, 5.41) is 4.86. The van der Waals surface area contributed by atoms with E-state index in [2.05, 4.69) is 52.6 Å². The number of nitrogens with zero attached hydrogens (tertiary/aromatic N) is 1. The molecule has 0 aliphatic carbocycles. The third kappa shape index (κ3) is 3.05. The molecule has 2 heterocycles. The van der Waals surface area contributed by atoms with Crippen LogP contribution in [0, 0.1) is 5.92 Å². The quantitative estimate of drug-likeness (QED) is 0.876. The molecule has 2 aromatic rings. The molecule has 2 N–H and O–H groups in total. The van der Waals surface area contributed by atoms with E-state index in [-0.39, 0.29) is 0 Å². The molecule has 3 heteroatoms. The number of piperidine rings is 1. The second-order valence-corrected chi connectivity index (χ2v) is 5.89. The average molecular weight is 271 g/mol. The highest BCUT2D eigenvalue weighted by Gasteiger charge is 2.19. The van der Waals surface area contributed by atoms with Crippen LogP contribution in [0.4, 0.5) is 0 Å². The summed E-state index contributed by atoms with van der Waals surface area (Å²) in [6, 6.07) is 8.59. The molecule has 0 spiro atoms. The maximum atomic E-state index is 3.48. The first-order valence-corrected chi connectivity index (χ1v) is 7.85. The summed E-state index contributed by atoms with van der Waals surface area (Å²) in [7, 11) is 0. The predicted octanol–water partition coefficient (Wildman–Crippen LogP) is 2.99. The van der Waals surface area contributed by atoms with Crippen LogP contribution < -0.4 is 5.32 Å². The molecule has 1 aliphatic heterocycles. The van der Waals surface area contributed by atoms with Crippen molar-refractivity contribution in [2.75, 3.05) is 26.2 Å². The highest BCUT2D eigenvalue weighted by Crippen LogP contribution is 2.22. The molecule has 0 bridgehead atoms. The van der Waals surface area contributed by atoms with E-state index >= 15 is 0 Å². The number of nitrogens with one attached hydrogen (secondary N) is 2. The van der Waals surface area contributed by atoms with Gasteiger partial charge in [0, 0.05) is 23.6 Å². The fraction of sp³-hybridized carbons (Fsp3) is 0.529. The van der Waals surface area contributed by atoms with E-state index < -0.39 is 0 Å². The molecule has 0 amide bonds. The Balaban J connectivity index is 1.57. The van der Waals surface area contributed by atoms with Gasteiger partial charge in [-0.15, -0.1) is 0 Å². The van der Waals surface area contributed by atoms with Gasteiger partial charge >= 0.3 is 0 Å². The number of H-pyrrole nitrogens is 1. The fourth-order valence-corrected chi connectivity index (χ4v) is 3.20. The molecule has 1 fully saturated rings. The monoisotopic (exact) mass is 271 g/mol. The van der Waals surface area contributed by atoms with Crippen molar-refractivity contribution in [2.45, 2.75) is 26.3 Å². The number of benzene rings is 1. The highest BCUT2D eigenvalue weighted by atomic mass is 15.1. The minimum atomic E-state index is 0.870. The Hall–Kier alpha value is -1.32. The molecule has 108 valence electrons. The standard InChI is InChI=1S/C17H25N3/c1-2-18-11-14-7-9-20(10-8-14)13-15-12-19-17-6-4-3-5-16(15)17/h3-6,12,14,18-19H,2,7-11,13H2,1H3. The van der Waals surface area contributed by atoms with Gasteiger partial charge in [0.25, 0.3) is 0 Å². The lowest BCUT2D eigenvalue weighted by Gasteiger charge is -2.31. The van der Waals surface area contributed by atoms with Crippen molar-refractivity contribution in [1.82, 2.24) is 15.2 Å². The van der Waals surface area contributed by atoms with Gasteiger partial charge in [0.05, 0.1) is 0 Å². The second-order valence-electron chi connectivity index (χ2n) is 5.89. The van der Waals surface area contributed by atoms with Crippen molar-refractivity contribution in [3.05, 3.63) is 36.0 Å². The number of hydrogen-bond donors (Lipinski definition) is 2. The molecule has 20 heavy (non-hydrogen) atoms. The van der Waals surface area contributed by atoms with Crippen LogP contribution in [0.5, 0.6) is 0 Å². The van der Waals surface area contributed by atoms with Gasteiger partial charge in [0.2, 0.25) is 0 Å². The number of para-hydroxylation sites is 1. The van der Waals surface area contributed by atoms with Gasteiger partial charge in [-0.3, -0.25) is 4.90 Å². The van der Waals surface area contributed by atoms with Gasteiger partial charge in [-0.25, -0.2) is 0 Å². The first kappa shape index (κ1) is 13.7. The summed E-state index contributed by atoms with van der Waals surface area (Å²) >= 11 is 0. The third-order valence-electron chi connectivity index (χ3n) is 4.46. The number of hydrogen-bond acceptors (Lipinski definition) is 2. The van der Waals surface area contributed by atoms with Gasteiger partial charge in [-0.2, -0.15) is 0 Å². The molecule has 0 atom stereocenters. The van der Waals surface area contributed by atoms with Crippen LogP contribution >= 0.6 is 0 Å². The molecular formula is C17H25N3. The van der Waals surface area contributed by atoms with E-state index in [1.54, 1.807) is 0 Å². The maximum absolute atomic E-state index is 3.48. The van der Waals surface area contributed by atoms with Crippen LogP contribution in [0.2, 0.25) is 0 Å². The predicted molar refractivity (Wildman–Crippen MR) is 84.8 cm³/mol. The zero-order valence-electron chi connectivity index (χ0n) is 12.4. The number of fused-ring (bicyclic) bond motifs is 1. The topological polar surface area (TPSA) is 31.1 Å². The van der Waals surface area contributed by atoms with Gasteiger partial charge in [-0.1, -0.05) is 25.1 Å². The molecule has 3 rings (SSSR count). The summed E-state index contributed by atoms with van der Waals surface area (Å²) in [5.41, 5.74) is 2.69. The SMILES string of the molecule is CCNCC1CCN(Cc2c[nH]c3ccccc23)CC1. The smallest absolute Gasteiger partial charge is 0.0457 e. The Bertz CT molecular complexity index is 538. The van der Waals surface area contributed by atoms with Crippen molar-refractivity contribution in [3.63, 3.8) is 0 Å². The summed E-state index contributed by atoms with van der Waals surface area (Å²) in [4.78, 5) is 5.97. The molecule has 1 saturated heterocycles. The number of rotatable bonds is 5. The molecule has 3 nitrogen and oxygen atoms in total.